The minimum atomic E-state index is -4.64. The van der Waals surface area contributed by atoms with Gasteiger partial charge in [0.15, 0.2) is 0 Å². The van der Waals surface area contributed by atoms with Crippen molar-refractivity contribution >= 4 is 54.2 Å². The molecule has 0 unspecified atom stereocenters. The van der Waals surface area contributed by atoms with Crippen molar-refractivity contribution in [3.8, 4) is 0 Å². The predicted molar refractivity (Wildman–Crippen MR) is 35.8 cm³/mol. The Morgan fingerprint density at radius 3 is 1.09 bits per heavy atom. The van der Waals surface area contributed by atoms with Gasteiger partial charge in [-0.05, 0) is 0 Å². The maximum absolute atomic E-state index is 8.88. The summed E-state index contributed by atoms with van der Waals surface area (Å²) in [5, 5.41) is 0. The molecule has 0 aliphatic rings. The fourth-order valence-corrected chi connectivity index (χ4v) is 0. The molecule has 0 fully saturated rings. The Morgan fingerprint density at radius 2 is 1.09 bits per heavy atom. The summed E-state index contributed by atoms with van der Waals surface area (Å²) in [6.45, 7) is 0. The largest absolute Gasteiger partial charge is 2.00 e. The minimum absolute atomic E-state index is 0. The molecule has 0 aromatic rings. The van der Waals surface area contributed by atoms with Crippen LogP contribution < -0.4 is 0 Å². The van der Waals surface area contributed by atoms with Crippen LogP contribution in [-0.4, -0.2) is 67.1 Å². The molecule has 0 saturated heterocycles. The van der Waals surface area contributed by atoms with Gasteiger partial charge in [0.1, 0.15) is 0 Å². The summed E-state index contributed by atoms with van der Waals surface area (Å²) in [5.74, 6) is 0. The molecule has 0 aromatic heterocycles. The molecule has 0 aromatic carbocycles. The van der Waals surface area contributed by atoms with E-state index in [0.29, 0.717) is 0 Å². The molecule has 7 nitrogen and oxygen atoms in total. The number of hydrogen-bond acceptors (Lipinski definition) is 4. The number of rotatable bonds is 0. The molecule has 0 atom stereocenters. The molecule has 64 valence electrons. The maximum atomic E-state index is 8.88. The van der Waals surface area contributed by atoms with Crippen LogP contribution in [0.2, 0.25) is 0 Å². The Kier molecular flexibility index (Phi) is 26.0. The topological polar surface area (TPSA) is 138 Å². The Balaban J connectivity index is -0.0000000146. The zero-order chi connectivity index (χ0) is 8.08. The zero-order valence-corrected chi connectivity index (χ0v) is 12.4. The van der Waals surface area contributed by atoms with Crippen LogP contribution in [0.5, 0.6) is 0 Å². The molecule has 6 N–H and O–H groups in total. The van der Waals surface area contributed by atoms with E-state index in [1.54, 1.807) is 0 Å². The van der Waals surface area contributed by atoms with Crippen molar-refractivity contribution in [3.63, 3.8) is 0 Å². The molecule has 0 saturated carbocycles. The molecule has 0 aliphatic heterocycles. The van der Waals surface area contributed by atoms with Crippen LogP contribution in [0.4, 0.5) is 0 Å². The fourth-order valence-electron chi connectivity index (χ4n) is 0. The van der Waals surface area contributed by atoms with Gasteiger partial charge in [-0.15, -0.1) is 0 Å². The molecule has 0 rings (SSSR count). The first-order chi connectivity index (χ1) is 3.73. The van der Waals surface area contributed by atoms with Crippen molar-refractivity contribution in [2.45, 2.75) is 0 Å². The summed E-state index contributed by atoms with van der Waals surface area (Å²) in [4.78, 5) is 43.3. The van der Waals surface area contributed by atoms with Gasteiger partial charge in [-0.2, -0.15) is 0 Å². The van der Waals surface area contributed by atoms with Gasteiger partial charge in [-0.1, -0.05) is 0 Å². The van der Waals surface area contributed by atoms with E-state index in [-0.39, 0.29) is 60.1 Å². The van der Waals surface area contributed by atoms with Crippen LogP contribution >= 0.6 is 16.4 Å². The third kappa shape index (κ3) is 246. The second-order valence-electron chi connectivity index (χ2n) is 0.782. The number of hydrogen-bond donors (Lipinski definition) is 6. The summed E-state index contributed by atoms with van der Waals surface area (Å²) in [6.07, 6.45) is 0. The van der Waals surface area contributed by atoms with Crippen LogP contribution in [0, 0.1) is 0 Å². The van der Waals surface area contributed by atoms with Gasteiger partial charge in [0.2, 0.25) is 0 Å². The van der Waals surface area contributed by atoms with Crippen LogP contribution in [0.15, 0.2) is 0 Å². The first-order valence-corrected chi connectivity index (χ1v) is 4.15. The summed E-state index contributed by atoms with van der Waals surface area (Å²) >= 11 is 0. The molecule has 0 spiro atoms. The van der Waals surface area contributed by atoms with E-state index in [2.05, 4.69) is 0 Å². The minimum Gasteiger partial charge on any atom is -1.00 e. The van der Waals surface area contributed by atoms with E-state index in [9.17, 15) is 0 Å². The van der Waals surface area contributed by atoms with Crippen LogP contribution in [0.25, 0.3) is 0 Å². The SMILES string of the molecule is O=P(O)(O)O.OP(O)O.[Ca+2].[H-].[H-].[Zn]. The van der Waals surface area contributed by atoms with Crippen molar-refractivity contribution in [3.05, 3.63) is 0 Å². The average Bonchev–Trinajstić information content (AvgIpc) is 1.19. The van der Waals surface area contributed by atoms with Crippen molar-refractivity contribution in [1.29, 1.82) is 0 Å². The molecular formula is H8CaO7P2Zn. The first kappa shape index (κ1) is 23.3. The normalized spacial score (nSPS) is 8.64. The van der Waals surface area contributed by atoms with Gasteiger partial charge < -0.3 is 32.2 Å². The molecule has 0 bridgehead atoms. The van der Waals surface area contributed by atoms with Gasteiger partial charge in [-0.25, -0.2) is 4.57 Å². The standard InChI is InChI=1S/Ca.H3O4P.H3O3P.Zn.2H/c;1-5(2,3)4;1-4(2)3;;;/h;(H3,1,2,3,4);1-3H;;;/q+2;;;;2*-1. The van der Waals surface area contributed by atoms with E-state index in [0.717, 1.165) is 0 Å². The molecule has 0 heterocycles. The smallest absolute Gasteiger partial charge is 1.00 e. The van der Waals surface area contributed by atoms with E-state index in [1.807, 2.05) is 0 Å². The van der Waals surface area contributed by atoms with E-state index in [4.69, 9.17) is 33.9 Å². The van der Waals surface area contributed by atoms with Gasteiger partial charge in [0.05, 0.1) is 0 Å². The molecule has 11 heteroatoms. The van der Waals surface area contributed by atoms with Crippen LogP contribution in [-0.2, 0) is 24.0 Å². The maximum Gasteiger partial charge on any atom is 2.00 e. The number of phosphoric acid groups is 1. The second kappa shape index (κ2) is 12.3. The Morgan fingerprint density at radius 1 is 1.09 bits per heavy atom. The molecule has 0 aliphatic carbocycles. The average molecular weight is 287 g/mol. The third-order valence-electron chi connectivity index (χ3n) is 0. The third-order valence-corrected chi connectivity index (χ3v) is 0. The predicted octanol–water partition coefficient (Wildman–Crippen LogP) is -1.90. The van der Waals surface area contributed by atoms with Crippen molar-refractivity contribution in [1.82, 2.24) is 0 Å². The van der Waals surface area contributed by atoms with Gasteiger partial charge in [-0.3, -0.25) is 0 Å². The Labute approximate surface area is 109 Å². The second-order valence-corrected chi connectivity index (χ2v) is 2.34. The molecule has 0 amide bonds. The molecule has 11 heavy (non-hydrogen) atoms. The summed E-state index contributed by atoms with van der Waals surface area (Å²) < 4.78 is 8.88. The summed E-state index contributed by atoms with van der Waals surface area (Å²) in [6, 6.07) is 0. The summed E-state index contributed by atoms with van der Waals surface area (Å²) in [7, 11) is -7.26. The Hall–Kier alpha value is 2.30. The molecule has 0 radical (unpaired) electrons. The van der Waals surface area contributed by atoms with Crippen molar-refractivity contribution < 1.29 is 56.3 Å². The van der Waals surface area contributed by atoms with E-state index >= 15 is 0 Å². The van der Waals surface area contributed by atoms with Crippen molar-refractivity contribution in [2.75, 3.05) is 0 Å². The van der Waals surface area contributed by atoms with Crippen LogP contribution in [0.1, 0.15) is 2.85 Å². The van der Waals surface area contributed by atoms with Gasteiger partial charge in [0.25, 0.3) is 0 Å². The van der Waals surface area contributed by atoms with E-state index < -0.39 is 16.4 Å². The zero-order valence-electron chi connectivity index (χ0n) is 7.40. The van der Waals surface area contributed by atoms with Gasteiger partial charge in [0, 0.05) is 19.5 Å². The first-order valence-electron chi connectivity index (χ1n) is 1.38. The fraction of sp³-hybridized carbons (Fsp3) is 0. The van der Waals surface area contributed by atoms with Crippen LogP contribution in [0.3, 0.4) is 0 Å². The van der Waals surface area contributed by atoms with Gasteiger partial charge >= 0.3 is 54.2 Å². The monoisotopic (exact) mass is 286 g/mol. The van der Waals surface area contributed by atoms with Crippen molar-refractivity contribution in [2.24, 2.45) is 0 Å². The van der Waals surface area contributed by atoms with E-state index in [1.165, 1.54) is 0 Å². The Bertz CT molecular complexity index is 95.6. The molecular weight excluding hydrogens is 279 g/mol. The summed E-state index contributed by atoms with van der Waals surface area (Å²) in [5.41, 5.74) is 0. The quantitative estimate of drug-likeness (QED) is 0.226.